The number of amides is 1. The van der Waals surface area contributed by atoms with E-state index < -0.39 is 12.1 Å². The van der Waals surface area contributed by atoms with Gasteiger partial charge < -0.3 is 20.5 Å². The number of methoxy groups -OCH3 is 1. The number of carbonyl (C=O) groups excluding carboxylic acids is 2. The van der Waals surface area contributed by atoms with E-state index in [0.29, 0.717) is 29.8 Å². The number of rotatable bonds is 5. The van der Waals surface area contributed by atoms with E-state index in [9.17, 15) is 9.59 Å². The zero-order valence-electron chi connectivity index (χ0n) is 18.3. The van der Waals surface area contributed by atoms with Gasteiger partial charge in [-0.3, -0.25) is 0 Å². The van der Waals surface area contributed by atoms with Crippen LogP contribution in [0.25, 0.3) is 11.1 Å². The molecule has 3 aromatic rings. The van der Waals surface area contributed by atoms with E-state index in [1.54, 1.807) is 12.1 Å². The Morgan fingerprint density at radius 2 is 1.67 bits per heavy atom. The molecule has 0 bridgehead atoms. The second kappa shape index (κ2) is 9.92. The maximum Gasteiger partial charge on any atom is 0.407 e. The van der Waals surface area contributed by atoms with Gasteiger partial charge in [0.15, 0.2) is 0 Å². The van der Waals surface area contributed by atoms with Crippen molar-refractivity contribution < 1.29 is 19.1 Å². The van der Waals surface area contributed by atoms with Gasteiger partial charge in [0, 0.05) is 30.1 Å². The molecule has 6 nitrogen and oxygen atoms in total. The highest BCUT2D eigenvalue weighted by Crippen LogP contribution is 2.44. The molecule has 0 saturated carbocycles. The van der Waals surface area contributed by atoms with Crippen LogP contribution in [0.2, 0.25) is 0 Å². The third kappa shape index (κ3) is 4.83. The van der Waals surface area contributed by atoms with Crippen molar-refractivity contribution in [3.8, 4) is 23.0 Å². The molecule has 0 unspecified atom stereocenters. The van der Waals surface area contributed by atoms with Crippen molar-refractivity contribution in [2.24, 2.45) is 0 Å². The second-order valence-electron chi connectivity index (χ2n) is 7.60. The normalized spacial score (nSPS) is 11.5. The molecule has 0 heterocycles. The SMILES string of the molecule is COC(=O)c1cc(N)ccc1C#CCCNC(=O)OCC1c2ccccc2-c2ccccc21. The van der Waals surface area contributed by atoms with Gasteiger partial charge in [-0.25, -0.2) is 9.59 Å². The van der Waals surface area contributed by atoms with Crippen LogP contribution in [0.5, 0.6) is 0 Å². The number of alkyl carbamates (subject to hydrolysis) is 1. The average Bonchev–Trinajstić information content (AvgIpc) is 3.16. The minimum atomic E-state index is -0.497. The maximum absolute atomic E-state index is 12.2. The van der Waals surface area contributed by atoms with E-state index in [-0.39, 0.29) is 12.5 Å². The van der Waals surface area contributed by atoms with E-state index in [1.165, 1.54) is 35.4 Å². The van der Waals surface area contributed by atoms with Gasteiger partial charge in [0.1, 0.15) is 6.61 Å². The zero-order valence-corrected chi connectivity index (χ0v) is 18.3. The largest absolute Gasteiger partial charge is 0.465 e. The number of benzene rings is 3. The molecule has 1 amide bonds. The fourth-order valence-electron chi connectivity index (χ4n) is 3.98. The topological polar surface area (TPSA) is 90.6 Å². The Labute approximate surface area is 192 Å². The highest BCUT2D eigenvalue weighted by Gasteiger charge is 2.28. The molecular weight excluding hydrogens is 416 g/mol. The summed E-state index contributed by atoms with van der Waals surface area (Å²) < 4.78 is 10.3. The molecule has 0 radical (unpaired) electrons. The van der Waals surface area contributed by atoms with Crippen LogP contribution in [-0.2, 0) is 9.47 Å². The lowest BCUT2D eigenvalue weighted by molar-refractivity contribution is 0.0600. The van der Waals surface area contributed by atoms with Gasteiger partial charge in [0.05, 0.1) is 12.7 Å². The lowest BCUT2D eigenvalue weighted by atomic mass is 9.98. The molecule has 0 aliphatic heterocycles. The van der Waals surface area contributed by atoms with E-state index in [0.717, 1.165) is 0 Å². The van der Waals surface area contributed by atoms with Crippen LogP contribution in [-0.4, -0.2) is 32.3 Å². The number of hydrogen-bond acceptors (Lipinski definition) is 5. The van der Waals surface area contributed by atoms with Gasteiger partial charge >= 0.3 is 12.1 Å². The molecule has 0 aromatic heterocycles. The summed E-state index contributed by atoms with van der Waals surface area (Å²) in [5.41, 5.74) is 11.7. The molecule has 4 rings (SSSR count). The molecular formula is C27H24N2O4. The molecule has 33 heavy (non-hydrogen) atoms. The molecule has 0 atom stereocenters. The van der Waals surface area contributed by atoms with Gasteiger partial charge in [-0.1, -0.05) is 60.4 Å². The Morgan fingerprint density at radius 1 is 1.00 bits per heavy atom. The Kier molecular flexibility index (Phi) is 6.61. The van der Waals surface area contributed by atoms with Crippen LogP contribution >= 0.6 is 0 Å². The van der Waals surface area contributed by atoms with E-state index in [4.69, 9.17) is 15.2 Å². The zero-order chi connectivity index (χ0) is 23.2. The molecule has 1 aliphatic carbocycles. The van der Waals surface area contributed by atoms with Crippen LogP contribution in [0.4, 0.5) is 10.5 Å². The van der Waals surface area contributed by atoms with Crippen LogP contribution in [0.15, 0.2) is 66.7 Å². The van der Waals surface area contributed by atoms with E-state index in [1.807, 2.05) is 24.3 Å². The van der Waals surface area contributed by atoms with Gasteiger partial charge in [0.25, 0.3) is 0 Å². The first-order chi connectivity index (χ1) is 16.1. The summed E-state index contributed by atoms with van der Waals surface area (Å²) in [5.74, 6) is 5.40. The van der Waals surface area contributed by atoms with Gasteiger partial charge in [-0.15, -0.1) is 0 Å². The van der Waals surface area contributed by atoms with Crippen molar-refractivity contribution in [2.45, 2.75) is 12.3 Å². The smallest absolute Gasteiger partial charge is 0.407 e. The summed E-state index contributed by atoms with van der Waals surface area (Å²) in [6, 6.07) is 21.3. The van der Waals surface area contributed by atoms with E-state index >= 15 is 0 Å². The van der Waals surface area contributed by atoms with Crippen molar-refractivity contribution in [3.05, 3.63) is 89.0 Å². The second-order valence-corrected chi connectivity index (χ2v) is 7.60. The number of hydrogen-bond donors (Lipinski definition) is 2. The van der Waals surface area contributed by atoms with Crippen molar-refractivity contribution in [3.63, 3.8) is 0 Å². The predicted molar refractivity (Wildman–Crippen MR) is 127 cm³/mol. The summed E-state index contributed by atoms with van der Waals surface area (Å²) >= 11 is 0. The monoisotopic (exact) mass is 440 g/mol. The molecule has 3 aromatic carbocycles. The summed E-state index contributed by atoms with van der Waals surface area (Å²) in [7, 11) is 1.31. The van der Waals surface area contributed by atoms with Crippen molar-refractivity contribution >= 4 is 17.7 Å². The van der Waals surface area contributed by atoms with Gasteiger partial charge in [0.2, 0.25) is 0 Å². The summed E-state index contributed by atoms with van der Waals surface area (Å²) in [4.78, 5) is 24.1. The molecule has 6 heteroatoms. The number of fused-ring (bicyclic) bond motifs is 3. The standard InChI is InChI=1S/C27H24N2O4/c1-32-26(30)24-16-19(28)14-13-18(24)8-6-7-15-29-27(31)33-17-25-22-11-4-2-9-20(22)21-10-3-5-12-23(21)25/h2-5,9-14,16,25H,7,15,17,28H2,1H3,(H,29,31). The Bertz CT molecular complexity index is 1210. The summed E-state index contributed by atoms with van der Waals surface area (Å²) in [6.45, 7) is 0.589. The van der Waals surface area contributed by atoms with Crippen LogP contribution in [0, 0.1) is 11.8 Å². The molecule has 0 saturated heterocycles. The number of carbonyl (C=O) groups is 2. The highest BCUT2D eigenvalue weighted by atomic mass is 16.5. The number of nitrogens with one attached hydrogen (secondary N) is 1. The molecule has 1 aliphatic rings. The minimum Gasteiger partial charge on any atom is -0.465 e. The highest BCUT2D eigenvalue weighted by molar-refractivity contribution is 5.93. The molecule has 0 fully saturated rings. The number of nitrogen functional groups attached to an aromatic ring is 1. The fourth-order valence-corrected chi connectivity index (χ4v) is 3.98. The average molecular weight is 440 g/mol. The Morgan fingerprint density at radius 3 is 2.33 bits per heavy atom. The Hall–Kier alpha value is -4.24. The molecule has 0 spiro atoms. The van der Waals surface area contributed by atoms with Crippen molar-refractivity contribution in [1.82, 2.24) is 5.32 Å². The quantitative estimate of drug-likeness (QED) is 0.267. The van der Waals surface area contributed by atoms with Crippen molar-refractivity contribution in [1.29, 1.82) is 0 Å². The number of anilines is 1. The first-order valence-electron chi connectivity index (χ1n) is 10.6. The predicted octanol–water partition coefficient (Wildman–Crippen LogP) is 4.34. The fraction of sp³-hybridized carbons (Fsp3) is 0.185. The summed E-state index contributed by atoms with van der Waals surface area (Å²) in [5, 5.41) is 2.72. The Balaban J connectivity index is 1.30. The molecule has 3 N–H and O–H groups in total. The first-order valence-corrected chi connectivity index (χ1v) is 10.6. The maximum atomic E-state index is 12.2. The van der Waals surface area contributed by atoms with E-state index in [2.05, 4.69) is 41.4 Å². The van der Waals surface area contributed by atoms with Crippen LogP contribution in [0.3, 0.4) is 0 Å². The van der Waals surface area contributed by atoms with Crippen LogP contribution in [0.1, 0.15) is 39.4 Å². The van der Waals surface area contributed by atoms with Crippen molar-refractivity contribution in [2.75, 3.05) is 26.0 Å². The summed E-state index contributed by atoms with van der Waals surface area (Å²) in [6.07, 6.45) is -0.0868. The first kappa shape index (κ1) is 22.0. The van der Waals surface area contributed by atoms with Gasteiger partial charge in [-0.05, 0) is 40.5 Å². The van der Waals surface area contributed by atoms with Crippen LogP contribution < -0.4 is 11.1 Å². The van der Waals surface area contributed by atoms with Gasteiger partial charge in [-0.2, -0.15) is 0 Å². The number of nitrogens with two attached hydrogens (primary N) is 1. The third-order valence-corrected chi connectivity index (χ3v) is 5.54. The number of esters is 1. The lowest BCUT2D eigenvalue weighted by Crippen LogP contribution is -2.26. The third-order valence-electron chi connectivity index (χ3n) is 5.54. The molecule has 166 valence electrons. The number of ether oxygens (including phenoxy) is 2. The minimum absolute atomic E-state index is 0.0187. The lowest BCUT2D eigenvalue weighted by Gasteiger charge is -2.14.